The maximum absolute atomic E-state index is 11.8. The summed E-state index contributed by atoms with van der Waals surface area (Å²) in [7, 11) is 1.60. The van der Waals surface area contributed by atoms with Gasteiger partial charge in [-0.25, -0.2) is 13.4 Å². The average molecular weight is 329 g/mol. The van der Waals surface area contributed by atoms with E-state index >= 15 is 0 Å². The van der Waals surface area contributed by atoms with Gasteiger partial charge >= 0.3 is 0 Å². The van der Waals surface area contributed by atoms with E-state index in [9.17, 15) is 13.2 Å². The fourth-order valence-corrected chi connectivity index (χ4v) is 4.23. The molecular formula is C9H10Cl2N2O3S2. The number of nitrogens with zero attached hydrogens (tertiary/aromatic N) is 2. The molecular weight excluding hydrogens is 319 g/mol. The van der Waals surface area contributed by atoms with Gasteiger partial charge in [0.2, 0.25) is 15.0 Å². The topological polar surface area (TPSA) is 67.3 Å². The Bertz CT molecular complexity index is 565. The molecule has 1 aromatic heterocycles. The largest absolute Gasteiger partial charge is 0.288 e. The summed E-state index contributed by atoms with van der Waals surface area (Å²) < 4.78 is 22.5. The van der Waals surface area contributed by atoms with Gasteiger partial charge in [-0.3, -0.25) is 9.69 Å². The minimum atomic E-state index is -3.59. The van der Waals surface area contributed by atoms with Crippen LogP contribution in [0, 0.1) is 12.8 Å². The third kappa shape index (κ3) is 3.14. The number of aryl methyl sites for hydroxylation is 1. The van der Waals surface area contributed by atoms with Crippen molar-refractivity contribution in [1.82, 2.24) is 4.98 Å². The van der Waals surface area contributed by atoms with Crippen molar-refractivity contribution >= 4 is 53.7 Å². The average Bonchev–Trinajstić information content (AvgIpc) is 2.69. The number of hydrogen-bond donors (Lipinski definition) is 0. The molecule has 0 bridgehead atoms. The molecule has 0 spiro atoms. The van der Waals surface area contributed by atoms with E-state index in [2.05, 4.69) is 4.98 Å². The predicted octanol–water partition coefficient (Wildman–Crippen LogP) is 2.03. The molecule has 0 saturated carbocycles. The van der Waals surface area contributed by atoms with Gasteiger partial charge in [0, 0.05) is 29.6 Å². The third-order valence-corrected chi connectivity index (χ3v) is 5.32. The number of amides is 1. The van der Waals surface area contributed by atoms with Crippen molar-refractivity contribution in [3.63, 3.8) is 0 Å². The van der Waals surface area contributed by atoms with Crippen molar-refractivity contribution in [3.8, 4) is 0 Å². The lowest BCUT2D eigenvalue weighted by molar-refractivity contribution is -0.117. The first kappa shape index (κ1) is 14.0. The van der Waals surface area contributed by atoms with Crippen LogP contribution in [0.3, 0.4) is 0 Å². The van der Waals surface area contributed by atoms with Crippen LogP contribution in [-0.4, -0.2) is 31.6 Å². The molecule has 5 nitrogen and oxygen atoms in total. The number of carbonyl (C=O) groups excluding carboxylic acids is 1. The second-order valence-corrected chi connectivity index (χ2v) is 8.54. The van der Waals surface area contributed by atoms with E-state index in [1.807, 2.05) is 0 Å². The second-order valence-electron chi connectivity index (χ2n) is 4.14. The molecule has 1 aliphatic heterocycles. The summed E-state index contributed by atoms with van der Waals surface area (Å²) >= 11 is 7.11. The van der Waals surface area contributed by atoms with E-state index in [4.69, 9.17) is 22.3 Å². The number of rotatable bonds is 3. The summed E-state index contributed by atoms with van der Waals surface area (Å²) in [4.78, 5) is 17.5. The molecule has 18 heavy (non-hydrogen) atoms. The van der Waals surface area contributed by atoms with Crippen LogP contribution in [0.2, 0.25) is 4.34 Å². The van der Waals surface area contributed by atoms with Gasteiger partial charge in [0.25, 0.3) is 0 Å². The molecule has 1 saturated heterocycles. The molecule has 9 heteroatoms. The van der Waals surface area contributed by atoms with Crippen LogP contribution in [0.4, 0.5) is 5.13 Å². The zero-order chi connectivity index (χ0) is 13.5. The smallest absolute Gasteiger partial charge is 0.232 e. The molecule has 0 N–H and O–H groups in total. The molecule has 0 aliphatic carbocycles. The number of carbonyl (C=O) groups is 1. The van der Waals surface area contributed by atoms with Gasteiger partial charge in [-0.2, -0.15) is 0 Å². The highest BCUT2D eigenvalue weighted by atomic mass is 35.7. The van der Waals surface area contributed by atoms with Crippen LogP contribution in [-0.2, 0) is 13.8 Å². The molecule has 2 heterocycles. The highest BCUT2D eigenvalue weighted by Crippen LogP contribution is 2.34. The highest BCUT2D eigenvalue weighted by Gasteiger charge is 2.34. The molecule has 0 aromatic carbocycles. The summed E-state index contributed by atoms with van der Waals surface area (Å²) in [6.45, 7) is 2.07. The Morgan fingerprint density at radius 2 is 2.22 bits per heavy atom. The van der Waals surface area contributed by atoms with Crippen molar-refractivity contribution in [2.75, 3.05) is 17.2 Å². The fourth-order valence-electron chi connectivity index (χ4n) is 1.84. The van der Waals surface area contributed by atoms with E-state index in [1.165, 1.54) is 16.2 Å². The van der Waals surface area contributed by atoms with Crippen LogP contribution in [0.25, 0.3) is 0 Å². The van der Waals surface area contributed by atoms with E-state index in [1.54, 1.807) is 6.92 Å². The van der Waals surface area contributed by atoms with Gasteiger partial charge < -0.3 is 0 Å². The lowest BCUT2D eigenvalue weighted by atomic mass is 10.1. The number of aromatic nitrogens is 1. The molecule has 1 aliphatic rings. The molecule has 2 rings (SSSR count). The lowest BCUT2D eigenvalue weighted by Crippen LogP contribution is -2.25. The van der Waals surface area contributed by atoms with Crippen LogP contribution in [0.15, 0.2) is 0 Å². The normalized spacial score (nSPS) is 20.7. The summed E-state index contributed by atoms with van der Waals surface area (Å²) in [6, 6.07) is 0. The molecule has 1 aromatic rings. The Morgan fingerprint density at radius 1 is 1.56 bits per heavy atom. The molecule has 0 radical (unpaired) electrons. The Morgan fingerprint density at radius 3 is 2.72 bits per heavy atom. The maximum Gasteiger partial charge on any atom is 0.232 e. The molecule has 1 unspecified atom stereocenters. The first-order valence-corrected chi connectivity index (χ1v) is 8.79. The van der Waals surface area contributed by atoms with Crippen molar-refractivity contribution in [2.24, 2.45) is 5.92 Å². The van der Waals surface area contributed by atoms with Crippen molar-refractivity contribution in [2.45, 2.75) is 13.3 Å². The molecule has 1 fully saturated rings. The van der Waals surface area contributed by atoms with E-state index in [0.717, 1.165) is 0 Å². The minimum Gasteiger partial charge on any atom is -0.288 e. The van der Waals surface area contributed by atoms with Crippen molar-refractivity contribution in [3.05, 3.63) is 10.0 Å². The Hall–Kier alpha value is -0.370. The number of hydrogen-bond acceptors (Lipinski definition) is 5. The van der Waals surface area contributed by atoms with Gasteiger partial charge in [0.05, 0.1) is 11.4 Å². The minimum absolute atomic E-state index is 0.147. The van der Waals surface area contributed by atoms with Crippen LogP contribution in [0.5, 0.6) is 0 Å². The highest BCUT2D eigenvalue weighted by molar-refractivity contribution is 8.13. The standard InChI is InChI=1S/C9H10Cl2N2O3S2/c1-5-8(10)17-9(12-5)13-3-6(2-7(13)14)4-18(11,15)16/h6H,2-4H2,1H3. The quantitative estimate of drug-likeness (QED) is 0.796. The third-order valence-electron chi connectivity index (χ3n) is 2.60. The van der Waals surface area contributed by atoms with Crippen molar-refractivity contribution < 1.29 is 13.2 Å². The summed E-state index contributed by atoms with van der Waals surface area (Å²) in [5, 5.41) is 0.511. The SMILES string of the molecule is Cc1nc(N2CC(CS(=O)(=O)Cl)CC2=O)sc1Cl. The maximum atomic E-state index is 11.8. The van der Waals surface area contributed by atoms with Gasteiger partial charge in [0.15, 0.2) is 5.13 Å². The van der Waals surface area contributed by atoms with Gasteiger partial charge in [-0.05, 0) is 6.92 Å². The second kappa shape index (κ2) is 4.96. The monoisotopic (exact) mass is 328 g/mol. The van der Waals surface area contributed by atoms with Crippen molar-refractivity contribution in [1.29, 1.82) is 0 Å². The molecule has 1 amide bonds. The van der Waals surface area contributed by atoms with Crippen LogP contribution in [0.1, 0.15) is 12.1 Å². The zero-order valence-electron chi connectivity index (χ0n) is 9.39. The Balaban J connectivity index is 2.15. The predicted molar refractivity (Wildman–Crippen MR) is 72.0 cm³/mol. The number of anilines is 1. The Kier molecular flexibility index (Phi) is 3.87. The zero-order valence-corrected chi connectivity index (χ0v) is 12.5. The molecule has 1 atom stereocenters. The number of thiazole rings is 1. The molecule has 100 valence electrons. The van der Waals surface area contributed by atoms with Gasteiger partial charge in [-0.1, -0.05) is 22.9 Å². The van der Waals surface area contributed by atoms with Crippen LogP contribution < -0.4 is 4.90 Å². The lowest BCUT2D eigenvalue weighted by Gasteiger charge is -2.12. The van der Waals surface area contributed by atoms with E-state index < -0.39 is 9.05 Å². The summed E-state index contributed by atoms with van der Waals surface area (Å²) in [6.07, 6.45) is 0.169. The van der Waals surface area contributed by atoms with E-state index in [-0.39, 0.29) is 24.0 Å². The Labute approximate surface area is 118 Å². The summed E-state index contributed by atoms with van der Waals surface area (Å²) in [5.74, 6) is -0.636. The van der Waals surface area contributed by atoms with Gasteiger partial charge in [-0.15, -0.1) is 0 Å². The fraction of sp³-hybridized carbons (Fsp3) is 0.556. The summed E-state index contributed by atoms with van der Waals surface area (Å²) in [5.41, 5.74) is 0.665. The van der Waals surface area contributed by atoms with Crippen LogP contribution >= 0.6 is 33.6 Å². The van der Waals surface area contributed by atoms with E-state index in [0.29, 0.717) is 21.7 Å². The number of halogens is 2. The van der Waals surface area contributed by atoms with Gasteiger partial charge in [0.1, 0.15) is 4.34 Å². The first-order valence-electron chi connectivity index (χ1n) is 5.12. The first-order chi connectivity index (χ1) is 8.26.